The second-order valence-electron chi connectivity index (χ2n) is 4.53. The lowest BCUT2D eigenvalue weighted by atomic mass is 10.1. The Kier molecular flexibility index (Phi) is 2.91. The van der Waals surface area contributed by atoms with E-state index >= 15 is 0 Å². The molecule has 2 nitrogen and oxygen atoms in total. The van der Waals surface area contributed by atoms with Gasteiger partial charge in [0.25, 0.3) is 0 Å². The van der Waals surface area contributed by atoms with E-state index in [2.05, 4.69) is 0 Å². The van der Waals surface area contributed by atoms with Gasteiger partial charge in [0.05, 0.1) is 4.91 Å². The Hall–Kier alpha value is -2.00. The van der Waals surface area contributed by atoms with Gasteiger partial charge in [0.1, 0.15) is 5.75 Å². The van der Waals surface area contributed by atoms with Crippen molar-refractivity contribution in [1.29, 1.82) is 0 Å². The minimum atomic E-state index is 0.0283. The average molecular weight is 268 g/mol. The van der Waals surface area contributed by atoms with Gasteiger partial charge >= 0.3 is 0 Å². The fourth-order valence-electron chi connectivity index (χ4n) is 1.99. The number of fused-ring (bicyclic) bond motifs is 1. The van der Waals surface area contributed by atoms with Crippen LogP contribution in [0.5, 0.6) is 5.75 Å². The van der Waals surface area contributed by atoms with Crippen molar-refractivity contribution < 1.29 is 9.90 Å². The predicted molar refractivity (Wildman–Crippen MR) is 77.5 cm³/mol. The molecular formula is C16H12O2S. The van der Waals surface area contributed by atoms with Crippen LogP contribution in [0.2, 0.25) is 0 Å². The molecule has 3 heteroatoms. The fraction of sp³-hybridized carbons (Fsp3) is 0.0625. The Balaban J connectivity index is 1.97. The summed E-state index contributed by atoms with van der Waals surface area (Å²) in [7, 11) is 0. The van der Waals surface area contributed by atoms with Crippen molar-refractivity contribution in [2.75, 3.05) is 0 Å². The molecule has 0 aliphatic carbocycles. The van der Waals surface area contributed by atoms with Crippen LogP contribution in [-0.2, 0) is 0 Å². The lowest BCUT2D eigenvalue weighted by Crippen LogP contribution is -1.93. The van der Waals surface area contributed by atoms with Crippen molar-refractivity contribution in [3.63, 3.8) is 0 Å². The molecule has 94 valence electrons. The third-order valence-electron chi connectivity index (χ3n) is 3.03. The minimum Gasteiger partial charge on any atom is -0.508 e. The average Bonchev–Trinajstić information content (AvgIpc) is 2.68. The Labute approximate surface area is 115 Å². The first-order valence-corrected chi connectivity index (χ1v) is 6.79. The number of carbonyl (C=O) groups excluding carboxylic acids is 1. The summed E-state index contributed by atoms with van der Waals surface area (Å²) in [5, 5.41) is 9.45. The summed E-state index contributed by atoms with van der Waals surface area (Å²) in [6.07, 6.45) is 1.89. The summed E-state index contributed by atoms with van der Waals surface area (Å²) < 4.78 is 0. The molecule has 0 fully saturated rings. The van der Waals surface area contributed by atoms with E-state index < -0.39 is 0 Å². The van der Waals surface area contributed by atoms with Crippen molar-refractivity contribution >= 4 is 23.6 Å². The van der Waals surface area contributed by atoms with E-state index in [0.717, 1.165) is 10.5 Å². The molecule has 1 N–H and O–H groups in total. The smallest absolute Gasteiger partial charge is 0.200 e. The first-order chi connectivity index (χ1) is 9.13. The molecule has 0 bridgehead atoms. The van der Waals surface area contributed by atoms with Gasteiger partial charge in [-0.05, 0) is 36.8 Å². The highest BCUT2D eigenvalue weighted by molar-refractivity contribution is 8.04. The molecule has 0 unspecified atom stereocenters. The van der Waals surface area contributed by atoms with Crippen LogP contribution in [0.4, 0.5) is 0 Å². The molecule has 0 amide bonds. The molecule has 3 rings (SSSR count). The topological polar surface area (TPSA) is 37.3 Å². The molecule has 19 heavy (non-hydrogen) atoms. The van der Waals surface area contributed by atoms with Crippen LogP contribution in [0.1, 0.15) is 21.5 Å². The zero-order chi connectivity index (χ0) is 13.4. The SMILES string of the molecule is Cc1ccc(C=C2Sc3cc(O)ccc3C2=O)cc1. The molecule has 2 aromatic carbocycles. The number of hydrogen-bond donors (Lipinski definition) is 1. The number of phenols is 1. The molecular weight excluding hydrogens is 256 g/mol. The van der Waals surface area contributed by atoms with Crippen LogP contribution in [0.25, 0.3) is 6.08 Å². The van der Waals surface area contributed by atoms with Gasteiger partial charge in [0.2, 0.25) is 5.78 Å². The number of allylic oxidation sites excluding steroid dienone is 1. The van der Waals surface area contributed by atoms with Crippen LogP contribution in [0.3, 0.4) is 0 Å². The quantitative estimate of drug-likeness (QED) is 0.793. The van der Waals surface area contributed by atoms with Gasteiger partial charge in [-0.1, -0.05) is 41.6 Å². The van der Waals surface area contributed by atoms with Gasteiger partial charge in [0, 0.05) is 10.5 Å². The molecule has 0 saturated heterocycles. The van der Waals surface area contributed by atoms with Gasteiger partial charge in [0.15, 0.2) is 0 Å². The predicted octanol–water partition coefficient (Wildman–Crippen LogP) is 4.03. The number of ketones is 1. The number of carbonyl (C=O) groups is 1. The number of benzene rings is 2. The Morgan fingerprint density at radius 3 is 2.58 bits per heavy atom. The second kappa shape index (κ2) is 4.59. The second-order valence-corrected chi connectivity index (χ2v) is 5.61. The van der Waals surface area contributed by atoms with Crippen molar-refractivity contribution in [2.45, 2.75) is 11.8 Å². The maximum Gasteiger partial charge on any atom is 0.200 e. The highest BCUT2D eigenvalue weighted by Gasteiger charge is 2.25. The fourth-order valence-corrected chi connectivity index (χ4v) is 3.07. The highest BCUT2D eigenvalue weighted by atomic mass is 32.2. The van der Waals surface area contributed by atoms with Crippen molar-refractivity contribution in [2.24, 2.45) is 0 Å². The van der Waals surface area contributed by atoms with E-state index in [4.69, 9.17) is 0 Å². The Morgan fingerprint density at radius 1 is 1.11 bits per heavy atom. The standard InChI is InChI=1S/C16H12O2S/c1-10-2-4-11(5-3-10)8-15-16(18)13-7-6-12(17)9-14(13)19-15/h2-9,17H,1H3. The summed E-state index contributed by atoms with van der Waals surface area (Å²) in [5.74, 6) is 0.219. The number of phenolic OH excluding ortho intramolecular Hbond substituents is 1. The lowest BCUT2D eigenvalue weighted by Gasteiger charge is -1.97. The summed E-state index contributed by atoms with van der Waals surface area (Å²) in [6, 6.07) is 12.9. The third kappa shape index (κ3) is 2.29. The van der Waals surface area contributed by atoms with Crippen molar-refractivity contribution in [3.8, 4) is 5.75 Å². The van der Waals surface area contributed by atoms with Crippen LogP contribution >= 0.6 is 11.8 Å². The minimum absolute atomic E-state index is 0.0283. The molecule has 1 aliphatic rings. The largest absolute Gasteiger partial charge is 0.508 e. The summed E-state index contributed by atoms with van der Waals surface area (Å²) in [5.41, 5.74) is 2.88. The maximum atomic E-state index is 12.2. The van der Waals surface area contributed by atoms with E-state index in [1.807, 2.05) is 37.3 Å². The van der Waals surface area contributed by atoms with Crippen LogP contribution < -0.4 is 0 Å². The molecule has 0 radical (unpaired) electrons. The summed E-state index contributed by atoms with van der Waals surface area (Å²) in [6.45, 7) is 2.03. The zero-order valence-corrected chi connectivity index (χ0v) is 11.2. The molecule has 1 aliphatic heterocycles. The number of rotatable bonds is 1. The number of hydrogen-bond acceptors (Lipinski definition) is 3. The Morgan fingerprint density at radius 2 is 1.84 bits per heavy atom. The normalized spacial score (nSPS) is 15.8. The lowest BCUT2D eigenvalue weighted by molar-refractivity contribution is 0.104. The monoisotopic (exact) mass is 268 g/mol. The molecule has 2 aromatic rings. The summed E-state index contributed by atoms with van der Waals surface area (Å²) in [4.78, 5) is 13.7. The molecule has 0 aromatic heterocycles. The van der Waals surface area contributed by atoms with E-state index in [0.29, 0.717) is 10.5 Å². The number of aromatic hydroxyl groups is 1. The maximum absolute atomic E-state index is 12.2. The molecule has 0 saturated carbocycles. The summed E-state index contributed by atoms with van der Waals surface area (Å²) >= 11 is 1.41. The van der Waals surface area contributed by atoms with Crippen LogP contribution in [0, 0.1) is 6.92 Å². The zero-order valence-electron chi connectivity index (χ0n) is 10.4. The molecule has 0 atom stereocenters. The van der Waals surface area contributed by atoms with Gasteiger partial charge in [-0.15, -0.1) is 0 Å². The van der Waals surface area contributed by atoms with Crippen molar-refractivity contribution in [1.82, 2.24) is 0 Å². The molecule has 0 spiro atoms. The van der Waals surface area contributed by atoms with Gasteiger partial charge in [-0.3, -0.25) is 4.79 Å². The highest BCUT2D eigenvalue weighted by Crippen LogP contribution is 2.42. The first kappa shape index (κ1) is 12.1. The van der Waals surface area contributed by atoms with Crippen LogP contribution in [0.15, 0.2) is 52.3 Å². The van der Waals surface area contributed by atoms with E-state index in [1.165, 1.54) is 17.3 Å². The van der Waals surface area contributed by atoms with Gasteiger partial charge in [-0.25, -0.2) is 0 Å². The van der Waals surface area contributed by atoms with Crippen molar-refractivity contribution in [3.05, 3.63) is 64.1 Å². The number of aryl methyl sites for hydroxylation is 1. The first-order valence-electron chi connectivity index (χ1n) is 5.97. The number of thioether (sulfide) groups is 1. The number of Topliss-reactive ketones (excluding diaryl/α,β-unsaturated/α-hetero) is 1. The van der Waals surface area contributed by atoms with Crippen LogP contribution in [-0.4, -0.2) is 10.9 Å². The van der Waals surface area contributed by atoms with E-state index in [-0.39, 0.29) is 11.5 Å². The van der Waals surface area contributed by atoms with E-state index in [1.54, 1.807) is 18.2 Å². The Bertz CT molecular complexity index is 684. The molecule has 1 heterocycles. The third-order valence-corrected chi connectivity index (χ3v) is 4.11. The van der Waals surface area contributed by atoms with Gasteiger partial charge in [-0.2, -0.15) is 0 Å². The van der Waals surface area contributed by atoms with Gasteiger partial charge < -0.3 is 5.11 Å². The van der Waals surface area contributed by atoms with E-state index in [9.17, 15) is 9.90 Å².